The molecule has 28 heavy (non-hydrogen) atoms. The molecule has 0 atom stereocenters. The number of sulfonamides is 1. The van der Waals surface area contributed by atoms with Crippen LogP contribution in [0.3, 0.4) is 0 Å². The van der Waals surface area contributed by atoms with Gasteiger partial charge >= 0.3 is 0 Å². The van der Waals surface area contributed by atoms with Crippen molar-refractivity contribution in [2.75, 3.05) is 20.7 Å². The second-order valence-electron chi connectivity index (χ2n) is 6.58. The van der Waals surface area contributed by atoms with Crippen LogP contribution in [0, 0.1) is 13.8 Å². The van der Waals surface area contributed by atoms with E-state index in [1.165, 1.54) is 4.90 Å². The standard InChI is InChI=1S/C20H25N3O4S/c1-14-6-7-15(2)19(12-14)28(25,26)22-21-16(3)17-8-10-18(11-9-17)27-13-20(24)23(4)5/h6-12,21-22H,3,13H2,1-2,4-5H3. The number of likely N-dealkylation sites (N-methyl/N-ethyl adjacent to an activating group) is 1. The highest BCUT2D eigenvalue weighted by Gasteiger charge is 2.17. The number of nitrogens with zero attached hydrogens (tertiary/aromatic N) is 1. The van der Waals surface area contributed by atoms with E-state index in [4.69, 9.17) is 4.74 Å². The summed E-state index contributed by atoms with van der Waals surface area (Å²) in [6.45, 7) is 7.37. The van der Waals surface area contributed by atoms with Crippen molar-refractivity contribution in [3.63, 3.8) is 0 Å². The molecule has 0 aliphatic carbocycles. The highest BCUT2D eigenvalue weighted by molar-refractivity contribution is 7.89. The number of amides is 1. The Kier molecular flexibility index (Phi) is 6.82. The van der Waals surface area contributed by atoms with Gasteiger partial charge in [-0.05, 0) is 60.9 Å². The zero-order chi connectivity index (χ0) is 20.9. The highest BCUT2D eigenvalue weighted by Crippen LogP contribution is 2.18. The molecule has 0 aromatic heterocycles. The Morgan fingerprint density at radius 1 is 1.11 bits per heavy atom. The predicted molar refractivity (Wildman–Crippen MR) is 109 cm³/mol. The van der Waals surface area contributed by atoms with Crippen LogP contribution in [-0.2, 0) is 14.8 Å². The molecule has 0 fully saturated rings. The van der Waals surface area contributed by atoms with Crippen molar-refractivity contribution in [2.45, 2.75) is 18.7 Å². The molecule has 7 nitrogen and oxygen atoms in total. The molecule has 2 aromatic rings. The van der Waals surface area contributed by atoms with Crippen molar-refractivity contribution in [2.24, 2.45) is 0 Å². The molecule has 8 heteroatoms. The van der Waals surface area contributed by atoms with Gasteiger partial charge in [-0.1, -0.05) is 18.7 Å². The molecule has 0 heterocycles. The van der Waals surface area contributed by atoms with E-state index in [0.717, 1.165) is 5.56 Å². The minimum absolute atomic E-state index is 0.0544. The van der Waals surface area contributed by atoms with E-state index in [0.29, 0.717) is 22.6 Å². The van der Waals surface area contributed by atoms with E-state index in [-0.39, 0.29) is 17.4 Å². The summed E-state index contributed by atoms with van der Waals surface area (Å²) in [5.74, 6) is 0.388. The Labute approximate surface area is 166 Å². The number of carbonyl (C=O) groups is 1. The molecular weight excluding hydrogens is 378 g/mol. The average molecular weight is 404 g/mol. The van der Waals surface area contributed by atoms with Crippen LogP contribution in [0.5, 0.6) is 5.75 Å². The van der Waals surface area contributed by atoms with E-state index in [9.17, 15) is 13.2 Å². The average Bonchev–Trinajstić information content (AvgIpc) is 2.66. The zero-order valence-electron chi connectivity index (χ0n) is 16.4. The summed E-state index contributed by atoms with van der Waals surface area (Å²) < 4.78 is 30.5. The third-order valence-corrected chi connectivity index (χ3v) is 5.42. The van der Waals surface area contributed by atoms with Gasteiger partial charge < -0.3 is 15.1 Å². The van der Waals surface area contributed by atoms with Gasteiger partial charge in [0.1, 0.15) is 5.75 Å². The first-order valence-corrected chi connectivity index (χ1v) is 10.1. The van der Waals surface area contributed by atoms with Crippen LogP contribution in [0.2, 0.25) is 0 Å². The third-order valence-electron chi connectivity index (χ3n) is 4.03. The van der Waals surface area contributed by atoms with Crippen LogP contribution >= 0.6 is 0 Å². The van der Waals surface area contributed by atoms with Crippen LogP contribution in [0.1, 0.15) is 16.7 Å². The highest BCUT2D eigenvalue weighted by atomic mass is 32.2. The van der Waals surface area contributed by atoms with Crippen molar-refractivity contribution in [1.29, 1.82) is 0 Å². The third kappa shape index (κ3) is 5.58. The summed E-state index contributed by atoms with van der Waals surface area (Å²) in [7, 11) is -0.427. The molecule has 0 radical (unpaired) electrons. The Morgan fingerprint density at radius 2 is 1.75 bits per heavy atom. The number of aryl methyl sites for hydroxylation is 2. The van der Waals surface area contributed by atoms with Gasteiger partial charge in [-0.2, -0.15) is 0 Å². The molecule has 1 amide bonds. The molecule has 150 valence electrons. The summed E-state index contributed by atoms with van der Waals surface area (Å²) >= 11 is 0. The number of carbonyl (C=O) groups excluding carboxylic acids is 1. The minimum atomic E-state index is -3.74. The van der Waals surface area contributed by atoms with Crippen molar-refractivity contribution in [3.8, 4) is 5.75 Å². The molecule has 0 saturated heterocycles. The van der Waals surface area contributed by atoms with Crippen LogP contribution in [0.15, 0.2) is 53.9 Å². The Bertz CT molecular complexity index is 967. The number of benzene rings is 2. The lowest BCUT2D eigenvalue weighted by atomic mass is 10.2. The molecule has 0 unspecified atom stereocenters. The van der Waals surface area contributed by atoms with Crippen molar-refractivity contribution in [1.82, 2.24) is 15.2 Å². The van der Waals surface area contributed by atoms with E-state index < -0.39 is 10.0 Å². The fourth-order valence-electron chi connectivity index (χ4n) is 2.28. The minimum Gasteiger partial charge on any atom is -0.484 e. The molecule has 2 aromatic carbocycles. The number of ether oxygens (including phenoxy) is 1. The van der Waals surface area contributed by atoms with E-state index in [1.54, 1.807) is 57.4 Å². The molecule has 0 spiro atoms. The molecule has 2 rings (SSSR count). The lowest BCUT2D eigenvalue weighted by molar-refractivity contribution is -0.130. The fourth-order valence-corrected chi connectivity index (χ4v) is 3.48. The second-order valence-corrected chi connectivity index (χ2v) is 8.23. The number of rotatable bonds is 8. The molecule has 0 saturated carbocycles. The summed E-state index contributed by atoms with van der Waals surface area (Å²) in [6.07, 6.45) is 0. The van der Waals surface area contributed by atoms with Crippen LogP contribution in [0.25, 0.3) is 5.70 Å². The lowest BCUT2D eigenvalue weighted by Crippen LogP contribution is -2.36. The number of hydrazine groups is 1. The summed E-state index contributed by atoms with van der Waals surface area (Å²) in [5, 5.41) is 0. The second kappa shape index (κ2) is 8.90. The Hall–Kier alpha value is -2.84. The monoisotopic (exact) mass is 403 g/mol. The predicted octanol–water partition coefficient (Wildman–Crippen LogP) is 2.22. The van der Waals surface area contributed by atoms with Crippen molar-refractivity contribution in [3.05, 3.63) is 65.7 Å². The molecular formula is C20H25N3O4S. The van der Waals surface area contributed by atoms with Gasteiger partial charge in [-0.15, -0.1) is 4.83 Å². The van der Waals surface area contributed by atoms with Gasteiger partial charge in [-0.25, -0.2) is 8.42 Å². The first kappa shape index (κ1) is 21.5. The Balaban J connectivity index is 1.99. The molecule has 2 N–H and O–H groups in total. The zero-order valence-corrected chi connectivity index (χ0v) is 17.3. The number of hydrogen-bond donors (Lipinski definition) is 2. The maximum absolute atomic E-state index is 12.5. The van der Waals surface area contributed by atoms with Gasteiger partial charge in [0.05, 0.1) is 4.90 Å². The summed E-state index contributed by atoms with van der Waals surface area (Å²) in [5.41, 5.74) is 5.20. The fraction of sp³-hybridized carbons (Fsp3) is 0.250. The summed E-state index contributed by atoms with van der Waals surface area (Å²) in [6, 6.07) is 12.0. The Morgan fingerprint density at radius 3 is 2.36 bits per heavy atom. The normalized spacial score (nSPS) is 11.0. The van der Waals surface area contributed by atoms with E-state index in [2.05, 4.69) is 16.8 Å². The maximum Gasteiger partial charge on any atom is 0.259 e. The van der Waals surface area contributed by atoms with Gasteiger partial charge in [0.2, 0.25) is 0 Å². The van der Waals surface area contributed by atoms with Crippen molar-refractivity contribution >= 4 is 21.6 Å². The SMILES string of the molecule is C=C(NNS(=O)(=O)c1cc(C)ccc1C)c1ccc(OCC(=O)N(C)C)cc1. The maximum atomic E-state index is 12.5. The topological polar surface area (TPSA) is 87.7 Å². The molecule has 0 aliphatic rings. The lowest BCUT2D eigenvalue weighted by Gasteiger charge is -2.14. The first-order valence-electron chi connectivity index (χ1n) is 8.57. The van der Waals surface area contributed by atoms with Gasteiger partial charge in [-0.3, -0.25) is 4.79 Å². The van der Waals surface area contributed by atoms with Gasteiger partial charge in [0.15, 0.2) is 6.61 Å². The smallest absolute Gasteiger partial charge is 0.259 e. The van der Waals surface area contributed by atoms with Crippen LogP contribution in [0.4, 0.5) is 0 Å². The van der Waals surface area contributed by atoms with Crippen LogP contribution < -0.4 is 15.0 Å². The first-order chi connectivity index (χ1) is 13.1. The van der Waals surface area contributed by atoms with E-state index >= 15 is 0 Å². The van der Waals surface area contributed by atoms with Gasteiger partial charge in [0, 0.05) is 19.8 Å². The largest absolute Gasteiger partial charge is 0.484 e. The van der Waals surface area contributed by atoms with E-state index in [1.807, 2.05) is 13.0 Å². The van der Waals surface area contributed by atoms with Crippen LogP contribution in [-0.4, -0.2) is 39.9 Å². The molecule has 0 aliphatic heterocycles. The molecule has 0 bridgehead atoms. The van der Waals surface area contributed by atoms with Gasteiger partial charge in [0.25, 0.3) is 15.9 Å². The number of hydrogen-bond acceptors (Lipinski definition) is 5. The summed E-state index contributed by atoms with van der Waals surface area (Å²) in [4.78, 5) is 15.6. The van der Waals surface area contributed by atoms with Crippen molar-refractivity contribution < 1.29 is 17.9 Å². The number of nitrogens with one attached hydrogen (secondary N) is 2. The quantitative estimate of drug-likeness (QED) is 0.660.